The Bertz CT molecular complexity index is 966. The number of nitrogens with zero attached hydrogens (tertiary/aromatic N) is 2. The SMILES string of the molecule is CC(=O)c1ccc(OCc2c(CN3CCCCC3)c3ccccc3n2C)cc1. The summed E-state index contributed by atoms with van der Waals surface area (Å²) in [6.07, 6.45) is 3.93. The van der Waals surface area contributed by atoms with Crippen molar-refractivity contribution in [2.75, 3.05) is 13.1 Å². The van der Waals surface area contributed by atoms with E-state index in [1.807, 2.05) is 24.3 Å². The molecule has 0 unspecified atom stereocenters. The molecule has 0 radical (unpaired) electrons. The lowest BCUT2D eigenvalue weighted by molar-refractivity contribution is 0.101. The minimum Gasteiger partial charge on any atom is -0.487 e. The van der Waals surface area contributed by atoms with E-state index < -0.39 is 0 Å². The average Bonchev–Trinajstić information content (AvgIpc) is 2.99. The third kappa shape index (κ3) is 3.83. The van der Waals surface area contributed by atoms with Crippen molar-refractivity contribution in [3.8, 4) is 5.75 Å². The van der Waals surface area contributed by atoms with Gasteiger partial charge in [0, 0.05) is 30.1 Å². The molecule has 0 N–H and O–H groups in total. The van der Waals surface area contributed by atoms with E-state index in [0.717, 1.165) is 12.3 Å². The molecule has 2 aromatic carbocycles. The highest BCUT2D eigenvalue weighted by molar-refractivity contribution is 5.94. The Labute approximate surface area is 166 Å². The van der Waals surface area contributed by atoms with Crippen LogP contribution in [0.2, 0.25) is 0 Å². The molecule has 4 heteroatoms. The number of carbonyl (C=O) groups excluding carboxylic acids is 1. The number of carbonyl (C=O) groups is 1. The highest BCUT2D eigenvalue weighted by Gasteiger charge is 2.19. The monoisotopic (exact) mass is 376 g/mol. The maximum atomic E-state index is 11.5. The van der Waals surface area contributed by atoms with Gasteiger partial charge in [0.15, 0.2) is 5.78 Å². The molecular weight excluding hydrogens is 348 g/mol. The van der Waals surface area contributed by atoms with Gasteiger partial charge >= 0.3 is 0 Å². The van der Waals surface area contributed by atoms with E-state index in [2.05, 4.69) is 40.8 Å². The second kappa shape index (κ2) is 8.19. The number of rotatable bonds is 6. The van der Waals surface area contributed by atoms with E-state index in [9.17, 15) is 4.79 Å². The van der Waals surface area contributed by atoms with E-state index in [1.54, 1.807) is 6.92 Å². The fraction of sp³-hybridized carbons (Fsp3) is 0.375. The first-order valence-electron chi connectivity index (χ1n) is 10.1. The van der Waals surface area contributed by atoms with Gasteiger partial charge in [-0.1, -0.05) is 24.6 Å². The summed E-state index contributed by atoms with van der Waals surface area (Å²) in [5.41, 5.74) is 4.56. The molecule has 1 fully saturated rings. The summed E-state index contributed by atoms with van der Waals surface area (Å²) in [4.78, 5) is 14.0. The zero-order chi connectivity index (χ0) is 19.5. The Morgan fingerprint density at radius 1 is 1.00 bits per heavy atom. The van der Waals surface area contributed by atoms with Gasteiger partial charge in [-0.05, 0) is 68.8 Å². The van der Waals surface area contributed by atoms with E-state index in [4.69, 9.17) is 4.74 Å². The highest BCUT2D eigenvalue weighted by atomic mass is 16.5. The zero-order valence-electron chi connectivity index (χ0n) is 16.8. The van der Waals surface area contributed by atoms with Crippen LogP contribution in [0.15, 0.2) is 48.5 Å². The lowest BCUT2D eigenvalue weighted by Crippen LogP contribution is -2.29. The molecule has 0 amide bonds. The van der Waals surface area contributed by atoms with Crippen LogP contribution in [-0.2, 0) is 20.2 Å². The normalized spacial score (nSPS) is 15.1. The Kier molecular flexibility index (Phi) is 5.49. The minimum atomic E-state index is 0.0732. The van der Waals surface area contributed by atoms with Crippen molar-refractivity contribution in [3.05, 3.63) is 65.4 Å². The van der Waals surface area contributed by atoms with Crippen LogP contribution in [0.3, 0.4) is 0 Å². The van der Waals surface area contributed by atoms with Gasteiger partial charge < -0.3 is 9.30 Å². The molecule has 3 aromatic rings. The number of ketones is 1. The van der Waals surface area contributed by atoms with Crippen LogP contribution >= 0.6 is 0 Å². The quantitative estimate of drug-likeness (QED) is 0.571. The van der Waals surface area contributed by atoms with E-state index in [-0.39, 0.29) is 5.78 Å². The number of hydrogen-bond acceptors (Lipinski definition) is 3. The molecule has 0 atom stereocenters. The van der Waals surface area contributed by atoms with Gasteiger partial charge in [-0.25, -0.2) is 0 Å². The average molecular weight is 376 g/mol. The first kappa shape index (κ1) is 18.8. The van der Waals surface area contributed by atoms with E-state index in [1.165, 1.54) is 54.5 Å². The van der Waals surface area contributed by atoms with Crippen LogP contribution in [0, 0.1) is 0 Å². The molecule has 1 aliphatic heterocycles. The summed E-state index contributed by atoms with van der Waals surface area (Å²) in [7, 11) is 2.12. The molecule has 0 bridgehead atoms. The predicted octanol–water partition coefficient (Wildman–Crippen LogP) is 4.95. The molecule has 2 heterocycles. The maximum absolute atomic E-state index is 11.5. The second-order valence-electron chi connectivity index (χ2n) is 7.71. The summed E-state index contributed by atoms with van der Waals surface area (Å²) in [6.45, 7) is 5.43. The molecule has 4 rings (SSSR count). The third-order valence-electron chi connectivity index (χ3n) is 5.81. The first-order valence-corrected chi connectivity index (χ1v) is 10.1. The van der Waals surface area contributed by atoms with Crippen molar-refractivity contribution < 1.29 is 9.53 Å². The summed E-state index contributed by atoms with van der Waals surface area (Å²) in [5.74, 6) is 0.864. The molecule has 1 saturated heterocycles. The van der Waals surface area contributed by atoms with Gasteiger partial charge in [-0.2, -0.15) is 0 Å². The topological polar surface area (TPSA) is 34.5 Å². The lowest BCUT2D eigenvalue weighted by Gasteiger charge is -2.26. The van der Waals surface area contributed by atoms with Gasteiger partial charge in [0.05, 0.1) is 5.69 Å². The summed E-state index contributed by atoms with van der Waals surface area (Å²) < 4.78 is 8.38. The number of hydrogen-bond donors (Lipinski definition) is 0. The number of piperidine rings is 1. The molecule has 28 heavy (non-hydrogen) atoms. The van der Waals surface area contributed by atoms with Crippen molar-refractivity contribution in [1.29, 1.82) is 0 Å². The Hall–Kier alpha value is -2.59. The Balaban J connectivity index is 1.60. The van der Waals surface area contributed by atoms with E-state index in [0.29, 0.717) is 12.2 Å². The smallest absolute Gasteiger partial charge is 0.159 e. The van der Waals surface area contributed by atoms with Crippen LogP contribution < -0.4 is 4.74 Å². The van der Waals surface area contributed by atoms with Crippen LogP contribution in [0.5, 0.6) is 5.75 Å². The molecule has 0 saturated carbocycles. The molecule has 1 aromatic heterocycles. The highest BCUT2D eigenvalue weighted by Crippen LogP contribution is 2.28. The first-order chi connectivity index (χ1) is 13.6. The van der Waals surface area contributed by atoms with Crippen molar-refractivity contribution in [1.82, 2.24) is 9.47 Å². The largest absolute Gasteiger partial charge is 0.487 e. The molecular formula is C24H28N2O2. The Morgan fingerprint density at radius 3 is 2.43 bits per heavy atom. The fourth-order valence-electron chi connectivity index (χ4n) is 4.16. The number of aryl methyl sites for hydroxylation is 1. The van der Waals surface area contributed by atoms with E-state index >= 15 is 0 Å². The number of fused-ring (bicyclic) bond motifs is 1. The van der Waals surface area contributed by atoms with Crippen LogP contribution in [0.4, 0.5) is 0 Å². The molecule has 0 aliphatic carbocycles. The molecule has 0 spiro atoms. The van der Waals surface area contributed by atoms with Gasteiger partial charge in [0.1, 0.15) is 12.4 Å². The summed E-state index contributed by atoms with van der Waals surface area (Å²) >= 11 is 0. The van der Waals surface area contributed by atoms with Crippen molar-refractivity contribution in [2.24, 2.45) is 7.05 Å². The van der Waals surface area contributed by atoms with Gasteiger partial charge in [-0.15, -0.1) is 0 Å². The van der Waals surface area contributed by atoms with Gasteiger partial charge in [-0.3, -0.25) is 9.69 Å². The summed E-state index contributed by atoms with van der Waals surface area (Å²) in [5, 5.41) is 1.32. The zero-order valence-corrected chi connectivity index (χ0v) is 16.8. The number of aromatic nitrogens is 1. The van der Waals surface area contributed by atoms with Crippen molar-refractivity contribution in [3.63, 3.8) is 0 Å². The number of benzene rings is 2. The van der Waals surface area contributed by atoms with Crippen LogP contribution in [-0.4, -0.2) is 28.3 Å². The third-order valence-corrected chi connectivity index (χ3v) is 5.81. The fourth-order valence-corrected chi connectivity index (χ4v) is 4.16. The number of Topliss-reactive ketones (excluding diaryl/α,β-unsaturated/α-hetero) is 1. The maximum Gasteiger partial charge on any atom is 0.159 e. The van der Waals surface area contributed by atoms with Gasteiger partial charge in [0.25, 0.3) is 0 Å². The standard InChI is InChI=1S/C24H28N2O2/c1-18(27)19-10-12-20(13-11-19)28-17-24-22(16-26-14-6-3-7-15-26)21-8-4-5-9-23(21)25(24)2/h4-5,8-13H,3,6-7,14-17H2,1-2H3. The Morgan fingerprint density at radius 2 is 1.71 bits per heavy atom. The predicted molar refractivity (Wildman–Crippen MR) is 113 cm³/mol. The lowest BCUT2D eigenvalue weighted by atomic mass is 10.1. The van der Waals surface area contributed by atoms with Crippen LogP contribution in [0.25, 0.3) is 10.9 Å². The van der Waals surface area contributed by atoms with Crippen LogP contribution in [0.1, 0.15) is 47.8 Å². The van der Waals surface area contributed by atoms with Gasteiger partial charge in [0.2, 0.25) is 0 Å². The molecule has 4 nitrogen and oxygen atoms in total. The molecule has 1 aliphatic rings. The van der Waals surface area contributed by atoms with Crippen molar-refractivity contribution in [2.45, 2.75) is 39.3 Å². The number of likely N-dealkylation sites (tertiary alicyclic amines) is 1. The number of para-hydroxylation sites is 1. The minimum absolute atomic E-state index is 0.0732. The van der Waals surface area contributed by atoms with Crippen molar-refractivity contribution >= 4 is 16.7 Å². The summed E-state index contributed by atoms with van der Waals surface area (Å²) in [6, 6.07) is 16.0. The second-order valence-corrected chi connectivity index (χ2v) is 7.71. The number of ether oxygens (including phenoxy) is 1. The molecule has 146 valence electrons.